The molecule has 1 aromatic carbocycles. The van der Waals surface area contributed by atoms with Crippen molar-refractivity contribution in [3.05, 3.63) is 29.8 Å². The average molecular weight is 266 g/mol. The molecule has 2 rings (SSSR count). The Hall–Kier alpha value is -1.42. The Morgan fingerprint density at radius 1 is 1.33 bits per heavy atom. The van der Waals surface area contributed by atoms with Gasteiger partial charge in [0.15, 0.2) is 9.84 Å². The zero-order valence-electron chi connectivity index (χ0n) is 9.80. The van der Waals surface area contributed by atoms with Crippen LogP contribution < -0.4 is 5.32 Å². The van der Waals surface area contributed by atoms with Gasteiger partial charge in [-0.25, -0.2) is 8.42 Å². The van der Waals surface area contributed by atoms with Gasteiger partial charge >= 0.3 is 0 Å². The quantitative estimate of drug-likeness (QED) is 0.830. The first kappa shape index (κ1) is 13.0. The molecule has 1 N–H and O–H groups in total. The molecule has 1 aliphatic heterocycles. The highest BCUT2D eigenvalue weighted by Crippen LogP contribution is 2.12. The first-order valence-electron chi connectivity index (χ1n) is 5.66. The largest absolute Gasteiger partial charge is 0.378 e. The molecule has 0 saturated carbocycles. The topological polar surface area (TPSA) is 79.2 Å². The summed E-state index contributed by atoms with van der Waals surface area (Å²) in [5.74, 6) is 0.0510. The van der Waals surface area contributed by atoms with Crippen LogP contribution in [0.5, 0.6) is 0 Å². The number of rotatable bonds is 5. The summed E-state index contributed by atoms with van der Waals surface area (Å²) < 4.78 is 28.9. The van der Waals surface area contributed by atoms with Gasteiger partial charge in [-0.05, 0) is 24.3 Å². The average Bonchev–Trinajstić information content (AvgIpc) is 2.32. The first-order chi connectivity index (χ1) is 8.62. The van der Waals surface area contributed by atoms with Gasteiger partial charge in [-0.15, -0.1) is 0 Å². The fourth-order valence-corrected chi connectivity index (χ4v) is 2.78. The van der Waals surface area contributed by atoms with E-state index in [1.807, 2.05) is 6.07 Å². The fourth-order valence-electron chi connectivity index (χ4n) is 1.61. The Kier molecular flexibility index (Phi) is 3.97. The molecule has 96 valence electrons. The van der Waals surface area contributed by atoms with E-state index in [2.05, 4.69) is 5.32 Å². The first-order valence-corrected chi connectivity index (χ1v) is 7.31. The molecule has 1 saturated heterocycles. The van der Waals surface area contributed by atoms with Crippen molar-refractivity contribution < 1.29 is 13.2 Å². The van der Waals surface area contributed by atoms with Gasteiger partial charge < -0.3 is 10.1 Å². The Morgan fingerprint density at radius 2 is 2.00 bits per heavy atom. The Balaban J connectivity index is 1.94. The lowest BCUT2D eigenvalue weighted by Gasteiger charge is -2.26. The molecule has 1 heterocycles. The van der Waals surface area contributed by atoms with Crippen LogP contribution in [-0.2, 0) is 14.6 Å². The minimum Gasteiger partial charge on any atom is -0.378 e. The van der Waals surface area contributed by atoms with Crippen LogP contribution in [0, 0.1) is 11.3 Å². The molecule has 6 heteroatoms. The maximum Gasteiger partial charge on any atom is 0.179 e. The standard InChI is InChI=1S/C12H14N2O3S/c13-7-10-1-3-12(4-2-10)18(15,16)6-5-14-11-8-17-9-11/h1-4,11,14H,5-6,8-9H2. The Labute approximate surface area is 106 Å². The third-order valence-corrected chi connectivity index (χ3v) is 4.52. The van der Waals surface area contributed by atoms with Crippen LogP contribution >= 0.6 is 0 Å². The maximum atomic E-state index is 12.0. The van der Waals surface area contributed by atoms with Gasteiger partial charge in [-0.1, -0.05) is 0 Å². The number of benzene rings is 1. The van der Waals surface area contributed by atoms with E-state index in [1.54, 1.807) is 0 Å². The molecule has 1 aliphatic rings. The normalized spacial score (nSPS) is 15.9. The minimum absolute atomic E-state index is 0.0510. The SMILES string of the molecule is N#Cc1ccc(S(=O)(=O)CCNC2COC2)cc1. The van der Waals surface area contributed by atoms with Crippen LogP contribution in [0.1, 0.15) is 5.56 Å². The predicted molar refractivity (Wildman–Crippen MR) is 65.8 cm³/mol. The van der Waals surface area contributed by atoms with Crippen molar-refractivity contribution in [2.45, 2.75) is 10.9 Å². The summed E-state index contributed by atoms with van der Waals surface area (Å²) >= 11 is 0. The Bertz CT molecular complexity index is 542. The molecule has 0 spiro atoms. The molecule has 1 aromatic rings. The van der Waals surface area contributed by atoms with E-state index in [0.717, 1.165) is 0 Å². The van der Waals surface area contributed by atoms with Crippen LogP contribution in [0.3, 0.4) is 0 Å². The molecule has 0 unspecified atom stereocenters. The van der Waals surface area contributed by atoms with Crippen molar-refractivity contribution in [3.63, 3.8) is 0 Å². The van der Waals surface area contributed by atoms with Gasteiger partial charge in [0, 0.05) is 6.54 Å². The van der Waals surface area contributed by atoms with Gasteiger partial charge in [-0.2, -0.15) is 5.26 Å². The van der Waals surface area contributed by atoms with E-state index in [4.69, 9.17) is 10.00 Å². The van der Waals surface area contributed by atoms with Gasteiger partial charge in [0.2, 0.25) is 0 Å². The monoisotopic (exact) mass is 266 g/mol. The molecule has 0 atom stereocenters. The maximum absolute atomic E-state index is 12.0. The summed E-state index contributed by atoms with van der Waals surface area (Å²) in [6.07, 6.45) is 0. The van der Waals surface area contributed by atoms with E-state index >= 15 is 0 Å². The lowest BCUT2D eigenvalue weighted by molar-refractivity contribution is -0.00410. The predicted octanol–water partition coefficient (Wildman–Crippen LogP) is 0.320. The lowest BCUT2D eigenvalue weighted by Crippen LogP contribution is -2.47. The summed E-state index contributed by atoms with van der Waals surface area (Å²) in [6.45, 7) is 1.71. The van der Waals surface area contributed by atoms with Gasteiger partial charge in [0.1, 0.15) is 0 Å². The third kappa shape index (κ3) is 3.07. The van der Waals surface area contributed by atoms with Crippen LogP contribution in [0.2, 0.25) is 0 Å². The summed E-state index contributed by atoms with van der Waals surface area (Å²) in [7, 11) is -3.28. The van der Waals surface area contributed by atoms with Crippen molar-refractivity contribution in [2.75, 3.05) is 25.5 Å². The zero-order valence-corrected chi connectivity index (χ0v) is 10.6. The van der Waals surface area contributed by atoms with Gasteiger partial charge in [-0.3, -0.25) is 0 Å². The number of hydrogen-bond donors (Lipinski definition) is 1. The highest BCUT2D eigenvalue weighted by molar-refractivity contribution is 7.91. The van der Waals surface area contributed by atoms with Crippen molar-refractivity contribution >= 4 is 9.84 Å². The number of nitriles is 1. The number of nitrogens with zero attached hydrogens (tertiary/aromatic N) is 1. The number of ether oxygens (including phenoxy) is 1. The van der Waals surface area contributed by atoms with E-state index in [0.29, 0.717) is 25.3 Å². The second-order valence-corrected chi connectivity index (χ2v) is 6.25. The molecule has 0 aliphatic carbocycles. The van der Waals surface area contributed by atoms with Crippen LogP contribution in [0.4, 0.5) is 0 Å². The molecule has 0 radical (unpaired) electrons. The molecule has 5 nitrogen and oxygen atoms in total. The number of hydrogen-bond acceptors (Lipinski definition) is 5. The second-order valence-electron chi connectivity index (χ2n) is 4.14. The minimum atomic E-state index is -3.28. The molecule has 1 fully saturated rings. The van der Waals surface area contributed by atoms with E-state index in [-0.39, 0.29) is 16.7 Å². The van der Waals surface area contributed by atoms with E-state index in [1.165, 1.54) is 24.3 Å². The van der Waals surface area contributed by atoms with Crippen molar-refractivity contribution in [2.24, 2.45) is 0 Å². The molecule has 18 heavy (non-hydrogen) atoms. The molecular formula is C12H14N2O3S. The highest BCUT2D eigenvalue weighted by Gasteiger charge is 2.19. The summed E-state index contributed by atoms with van der Waals surface area (Å²) in [4.78, 5) is 0.258. The Morgan fingerprint density at radius 3 is 2.50 bits per heavy atom. The van der Waals surface area contributed by atoms with Crippen molar-refractivity contribution in [1.82, 2.24) is 5.32 Å². The molecule has 0 aromatic heterocycles. The molecule has 0 amide bonds. The fraction of sp³-hybridized carbons (Fsp3) is 0.417. The van der Waals surface area contributed by atoms with Crippen molar-refractivity contribution in [3.8, 4) is 6.07 Å². The smallest absolute Gasteiger partial charge is 0.179 e. The summed E-state index contributed by atoms with van der Waals surface area (Å²) in [5, 5.41) is 11.8. The number of sulfone groups is 1. The summed E-state index contributed by atoms with van der Waals surface area (Å²) in [6, 6.07) is 8.21. The van der Waals surface area contributed by atoms with Crippen molar-refractivity contribution in [1.29, 1.82) is 5.26 Å². The van der Waals surface area contributed by atoms with Crippen LogP contribution in [0.25, 0.3) is 0 Å². The van der Waals surface area contributed by atoms with Crippen LogP contribution in [-0.4, -0.2) is 40.0 Å². The molecule has 0 bridgehead atoms. The van der Waals surface area contributed by atoms with E-state index < -0.39 is 9.84 Å². The zero-order chi connectivity index (χ0) is 13.0. The third-order valence-electron chi connectivity index (χ3n) is 2.78. The van der Waals surface area contributed by atoms with Crippen LogP contribution in [0.15, 0.2) is 29.2 Å². The molecular weight excluding hydrogens is 252 g/mol. The lowest BCUT2D eigenvalue weighted by atomic mass is 10.2. The highest BCUT2D eigenvalue weighted by atomic mass is 32.2. The van der Waals surface area contributed by atoms with Gasteiger partial charge in [0.05, 0.1) is 41.5 Å². The second kappa shape index (κ2) is 5.48. The number of nitrogens with one attached hydrogen (secondary N) is 1. The van der Waals surface area contributed by atoms with E-state index in [9.17, 15) is 8.42 Å². The van der Waals surface area contributed by atoms with Gasteiger partial charge in [0.25, 0.3) is 0 Å². The summed E-state index contributed by atoms with van der Waals surface area (Å²) in [5.41, 5.74) is 0.457.